The van der Waals surface area contributed by atoms with Gasteiger partial charge in [0, 0.05) is 19.2 Å². The fourth-order valence-corrected chi connectivity index (χ4v) is 1.69. The van der Waals surface area contributed by atoms with Crippen LogP contribution in [0.15, 0.2) is 15.6 Å². The van der Waals surface area contributed by atoms with Crippen LogP contribution in [-0.4, -0.2) is 55.5 Å². The number of esters is 1. The van der Waals surface area contributed by atoms with Crippen molar-refractivity contribution in [1.29, 1.82) is 0 Å². The van der Waals surface area contributed by atoms with E-state index in [4.69, 9.17) is 27.9 Å². The van der Waals surface area contributed by atoms with Gasteiger partial charge in [0.2, 0.25) is 0 Å². The molecule has 0 saturated carbocycles. The molecule has 0 amide bonds. The number of nitrogens with zero attached hydrogens (tertiary/aromatic N) is 3. The molecule has 1 heterocycles. The molecule has 0 radical (unpaired) electrons. The molecule has 1 aromatic rings. The second-order valence-corrected chi connectivity index (χ2v) is 5.28. The number of ether oxygens (including phenoxy) is 1. The summed E-state index contributed by atoms with van der Waals surface area (Å²) in [4.78, 5) is 18.0. The molecular formula is C13H24ClN3O7. The topological polar surface area (TPSA) is 152 Å². The Morgan fingerprint density at radius 3 is 2.29 bits per heavy atom. The summed E-state index contributed by atoms with van der Waals surface area (Å²) < 4.78 is 40.2. The van der Waals surface area contributed by atoms with Crippen LogP contribution in [0.5, 0.6) is 0 Å². The molecule has 0 aliphatic rings. The molecule has 0 saturated heterocycles. The van der Waals surface area contributed by atoms with E-state index in [0.717, 1.165) is 13.1 Å². The number of hydrogen-bond donors (Lipinski definition) is 3. The summed E-state index contributed by atoms with van der Waals surface area (Å²) in [6.07, 6.45) is 0.140. The maximum atomic E-state index is 11.6. The van der Waals surface area contributed by atoms with Crippen LogP contribution in [0.2, 0.25) is 0 Å². The van der Waals surface area contributed by atoms with Gasteiger partial charge in [0.05, 0.1) is 6.61 Å². The molecule has 0 bridgehead atoms. The van der Waals surface area contributed by atoms with E-state index in [1.807, 2.05) is 18.7 Å². The molecule has 0 aromatic carbocycles. The molecule has 0 unspecified atom stereocenters. The van der Waals surface area contributed by atoms with Gasteiger partial charge in [-0.25, -0.2) is 4.99 Å². The molecule has 140 valence electrons. The maximum absolute atomic E-state index is 11.6. The van der Waals surface area contributed by atoms with Crippen molar-refractivity contribution in [2.45, 2.75) is 34.1 Å². The zero-order valence-electron chi connectivity index (χ0n) is 14.1. The van der Waals surface area contributed by atoms with E-state index in [-0.39, 0.29) is 12.4 Å². The van der Waals surface area contributed by atoms with Crippen LogP contribution in [-0.2, 0) is 9.53 Å². The molecule has 10 nitrogen and oxygen atoms in total. The van der Waals surface area contributed by atoms with E-state index in [1.165, 1.54) is 0 Å². The van der Waals surface area contributed by atoms with Gasteiger partial charge in [0.25, 0.3) is 0 Å². The van der Waals surface area contributed by atoms with E-state index >= 15 is 0 Å². The summed E-state index contributed by atoms with van der Waals surface area (Å²) in [6.45, 7) is 9.52. The fraction of sp³-hybridized carbons (Fsp3) is 0.615. The van der Waals surface area contributed by atoms with Crippen molar-refractivity contribution in [3.8, 4) is 0 Å². The summed E-state index contributed by atoms with van der Waals surface area (Å²) >= 11 is 0. The van der Waals surface area contributed by atoms with Crippen molar-refractivity contribution in [2.75, 3.05) is 19.7 Å². The summed E-state index contributed by atoms with van der Waals surface area (Å²) in [5, 5.41) is 3.82. The van der Waals surface area contributed by atoms with Gasteiger partial charge in [-0.2, -0.15) is 0 Å². The normalized spacial score (nSPS) is 12.2. The van der Waals surface area contributed by atoms with Gasteiger partial charge < -0.3 is 14.2 Å². The van der Waals surface area contributed by atoms with Crippen molar-refractivity contribution >= 4 is 17.6 Å². The summed E-state index contributed by atoms with van der Waals surface area (Å²) in [7, 11) is -4.19. The molecule has 3 N–H and O–H groups in total. The van der Waals surface area contributed by atoms with E-state index in [9.17, 15) is 4.79 Å². The molecule has 24 heavy (non-hydrogen) atoms. The van der Waals surface area contributed by atoms with Crippen molar-refractivity contribution in [1.82, 2.24) is 10.1 Å². The van der Waals surface area contributed by atoms with Gasteiger partial charge in [-0.15, -0.1) is 0 Å². The molecule has 0 atom stereocenters. The zero-order chi connectivity index (χ0) is 18.8. The number of halogens is 1. The quantitative estimate of drug-likeness (QED) is 0.340. The SMILES string of the molecule is CCOC(=O)CC(=Nc1cc(C)on1)N(CC)CC.[O-][Cl+](O)(O)O. The summed E-state index contributed by atoms with van der Waals surface area (Å²) in [5.41, 5.74) is 0. The fourth-order valence-electron chi connectivity index (χ4n) is 1.69. The van der Waals surface area contributed by atoms with Crippen molar-refractivity contribution in [2.24, 2.45) is 4.99 Å². The van der Waals surface area contributed by atoms with Crippen LogP contribution in [0.25, 0.3) is 0 Å². The first kappa shape index (κ1) is 22.3. The van der Waals surface area contributed by atoms with Crippen molar-refractivity contribution in [3.63, 3.8) is 0 Å². The Bertz CT molecular complexity index is 518. The predicted octanol–water partition coefficient (Wildman–Crippen LogP) is -0.552. The van der Waals surface area contributed by atoms with Gasteiger partial charge >= 0.3 is 34.8 Å². The number of rotatable bonds is 6. The monoisotopic (exact) mass is 369 g/mol. The van der Waals surface area contributed by atoms with Gasteiger partial charge in [0.15, 0.2) is 5.82 Å². The number of hydrogen-bond acceptors (Lipinski definition) is 9. The molecule has 0 fully saturated rings. The Morgan fingerprint density at radius 2 is 1.92 bits per heavy atom. The Morgan fingerprint density at radius 1 is 1.38 bits per heavy atom. The minimum atomic E-state index is -4.19. The third-order valence-corrected chi connectivity index (χ3v) is 2.60. The third kappa shape index (κ3) is 10.9. The Kier molecular flexibility index (Phi) is 10.2. The van der Waals surface area contributed by atoms with Crippen LogP contribution < -0.4 is 4.66 Å². The number of carbonyl (C=O) groups excluding carboxylic acids is 1. The number of aliphatic imine (C=N–C) groups is 1. The Hall–Kier alpha value is -1.72. The standard InChI is InChI=1S/C13H21N3O3.ClH3O4/c1-5-16(6-2)12(9-13(17)18-7-3)14-11-8-10(4)19-15-11;2-1(3,4)5/h8H,5-7,9H2,1-4H3;2-4H. The van der Waals surface area contributed by atoms with Crippen LogP contribution in [0.4, 0.5) is 5.82 Å². The molecular weight excluding hydrogens is 346 g/mol. The van der Waals surface area contributed by atoms with Crippen LogP contribution in [0, 0.1) is 17.2 Å². The summed E-state index contributed by atoms with van der Waals surface area (Å²) in [6, 6.07) is 1.73. The average Bonchev–Trinajstić information content (AvgIpc) is 2.83. The van der Waals surface area contributed by atoms with E-state index < -0.39 is 10.2 Å². The molecule has 0 spiro atoms. The first-order valence-electron chi connectivity index (χ1n) is 7.18. The van der Waals surface area contributed by atoms with Crippen molar-refractivity contribution in [3.05, 3.63) is 11.8 Å². The van der Waals surface area contributed by atoms with Gasteiger partial charge in [-0.3, -0.25) is 4.79 Å². The second kappa shape index (κ2) is 10.9. The number of aromatic nitrogens is 1. The number of aryl methyl sites for hydroxylation is 1. The molecule has 1 rings (SSSR count). The molecule has 0 aliphatic carbocycles. The van der Waals surface area contributed by atoms with Crippen molar-refractivity contribution < 1.29 is 42.9 Å². The minimum absolute atomic E-state index is 0.140. The second-order valence-electron chi connectivity index (χ2n) is 4.41. The number of amidine groups is 1. The Labute approximate surface area is 142 Å². The van der Waals surface area contributed by atoms with E-state index in [2.05, 4.69) is 10.1 Å². The van der Waals surface area contributed by atoms with Gasteiger partial charge in [-0.05, 0) is 27.7 Å². The zero-order valence-corrected chi connectivity index (χ0v) is 14.9. The third-order valence-electron chi connectivity index (χ3n) is 2.60. The summed E-state index contributed by atoms with van der Waals surface area (Å²) in [5.74, 6) is 1.53. The molecule has 11 heteroatoms. The number of carbonyl (C=O) groups is 1. The molecule has 0 aliphatic heterocycles. The van der Waals surface area contributed by atoms with Crippen LogP contribution in [0.3, 0.4) is 0 Å². The first-order valence-corrected chi connectivity index (χ1v) is 8.50. The van der Waals surface area contributed by atoms with E-state index in [0.29, 0.717) is 24.0 Å². The van der Waals surface area contributed by atoms with Gasteiger partial charge in [-0.1, -0.05) is 5.16 Å². The van der Waals surface area contributed by atoms with Gasteiger partial charge in [0.1, 0.15) is 18.0 Å². The van der Waals surface area contributed by atoms with Crippen LogP contribution >= 0.6 is 0 Å². The van der Waals surface area contributed by atoms with Crippen LogP contribution in [0.1, 0.15) is 33.0 Å². The van der Waals surface area contributed by atoms with E-state index in [1.54, 1.807) is 19.9 Å². The average molecular weight is 370 g/mol. The molecule has 1 aromatic heterocycles. The predicted molar refractivity (Wildman–Crippen MR) is 79.2 cm³/mol. The first-order chi connectivity index (χ1) is 11.1. The Balaban J connectivity index is 0.000000922.